The summed E-state index contributed by atoms with van der Waals surface area (Å²) >= 11 is 0. The molecular weight excluding hydrogens is 342 g/mol. The second kappa shape index (κ2) is 7.97. The first-order chi connectivity index (χ1) is 11.7. The van der Waals surface area contributed by atoms with E-state index in [1.807, 2.05) is 13.8 Å². The Labute approximate surface area is 148 Å². The summed E-state index contributed by atoms with van der Waals surface area (Å²) in [7, 11) is -3.83. The maximum atomic E-state index is 12.6. The van der Waals surface area contributed by atoms with Gasteiger partial charge in [0.1, 0.15) is 6.04 Å². The zero-order valence-corrected chi connectivity index (χ0v) is 15.6. The predicted molar refractivity (Wildman–Crippen MR) is 95.5 cm³/mol. The molecule has 1 aliphatic heterocycles. The number of amides is 2. The van der Waals surface area contributed by atoms with E-state index in [2.05, 4.69) is 10.0 Å². The van der Waals surface area contributed by atoms with Crippen molar-refractivity contribution < 1.29 is 18.0 Å². The van der Waals surface area contributed by atoms with Crippen LogP contribution in [0.15, 0.2) is 29.2 Å². The molecule has 25 heavy (non-hydrogen) atoms. The lowest BCUT2D eigenvalue weighted by Gasteiger charge is -2.26. The number of likely N-dealkylation sites (tertiary alicyclic amines) is 1. The highest BCUT2D eigenvalue weighted by Gasteiger charge is 2.32. The molecule has 1 atom stereocenters. The predicted octanol–water partition coefficient (Wildman–Crippen LogP) is 1.57. The van der Waals surface area contributed by atoms with Crippen molar-refractivity contribution in [1.29, 1.82) is 0 Å². The Morgan fingerprint density at radius 1 is 1.08 bits per heavy atom. The number of sulfonamides is 1. The molecule has 0 radical (unpaired) electrons. The van der Waals surface area contributed by atoms with E-state index in [4.69, 9.17) is 0 Å². The van der Waals surface area contributed by atoms with Gasteiger partial charge in [0, 0.05) is 25.7 Å². The van der Waals surface area contributed by atoms with Crippen molar-refractivity contribution >= 4 is 27.5 Å². The van der Waals surface area contributed by atoms with Crippen LogP contribution in [-0.4, -0.2) is 44.3 Å². The van der Waals surface area contributed by atoms with Gasteiger partial charge in [-0.2, -0.15) is 4.72 Å². The number of hydrogen-bond acceptors (Lipinski definition) is 4. The van der Waals surface area contributed by atoms with E-state index in [1.165, 1.54) is 31.2 Å². The van der Waals surface area contributed by atoms with E-state index in [0.717, 1.165) is 12.8 Å². The molecule has 1 fully saturated rings. The van der Waals surface area contributed by atoms with Crippen molar-refractivity contribution in [3.05, 3.63) is 24.3 Å². The summed E-state index contributed by atoms with van der Waals surface area (Å²) in [5.74, 6) is -0.572. The minimum Gasteiger partial charge on any atom is -0.341 e. The summed E-state index contributed by atoms with van der Waals surface area (Å²) < 4.78 is 27.8. The lowest BCUT2D eigenvalue weighted by Crippen LogP contribution is -2.50. The van der Waals surface area contributed by atoms with Crippen LogP contribution in [0, 0.1) is 5.92 Å². The summed E-state index contributed by atoms with van der Waals surface area (Å²) in [6.45, 7) is 6.37. The van der Waals surface area contributed by atoms with Crippen LogP contribution in [0.2, 0.25) is 0 Å². The van der Waals surface area contributed by atoms with Crippen molar-refractivity contribution in [2.24, 2.45) is 5.92 Å². The van der Waals surface area contributed by atoms with Crippen LogP contribution >= 0.6 is 0 Å². The fourth-order valence-electron chi connectivity index (χ4n) is 2.76. The molecule has 1 aromatic rings. The molecule has 1 heterocycles. The number of anilines is 1. The average molecular weight is 367 g/mol. The number of hydrogen-bond donors (Lipinski definition) is 2. The van der Waals surface area contributed by atoms with E-state index in [-0.39, 0.29) is 22.6 Å². The molecule has 1 saturated heterocycles. The van der Waals surface area contributed by atoms with Crippen LogP contribution in [0.4, 0.5) is 5.69 Å². The van der Waals surface area contributed by atoms with Gasteiger partial charge in [-0.25, -0.2) is 8.42 Å². The zero-order valence-electron chi connectivity index (χ0n) is 14.8. The first kappa shape index (κ1) is 19.4. The third-order valence-corrected chi connectivity index (χ3v) is 5.57. The van der Waals surface area contributed by atoms with Crippen LogP contribution in [-0.2, 0) is 19.6 Å². The van der Waals surface area contributed by atoms with E-state index in [9.17, 15) is 18.0 Å². The number of carbonyl (C=O) groups excluding carboxylic acids is 2. The lowest BCUT2D eigenvalue weighted by atomic mass is 10.0. The monoisotopic (exact) mass is 367 g/mol. The Kier molecular flexibility index (Phi) is 6.18. The highest BCUT2D eigenvalue weighted by Crippen LogP contribution is 2.18. The maximum absolute atomic E-state index is 12.6. The van der Waals surface area contributed by atoms with Crippen molar-refractivity contribution in [1.82, 2.24) is 9.62 Å². The van der Waals surface area contributed by atoms with Crippen LogP contribution in [0.5, 0.6) is 0 Å². The van der Waals surface area contributed by atoms with Crippen LogP contribution in [0.1, 0.15) is 33.6 Å². The van der Waals surface area contributed by atoms with Gasteiger partial charge in [0.15, 0.2) is 0 Å². The molecule has 138 valence electrons. The first-order valence-corrected chi connectivity index (χ1v) is 9.88. The van der Waals surface area contributed by atoms with Crippen molar-refractivity contribution in [2.75, 3.05) is 18.4 Å². The lowest BCUT2D eigenvalue weighted by molar-refractivity contribution is -0.132. The third kappa shape index (κ3) is 5.02. The Balaban J connectivity index is 2.16. The maximum Gasteiger partial charge on any atom is 0.241 e. The van der Waals surface area contributed by atoms with Crippen LogP contribution < -0.4 is 10.0 Å². The number of carbonyl (C=O) groups is 2. The molecule has 0 spiro atoms. The number of benzene rings is 1. The van der Waals surface area contributed by atoms with Gasteiger partial charge in [-0.1, -0.05) is 13.8 Å². The largest absolute Gasteiger partial charge is 0.341 e. The second-order valence-electron chi connectivity index (χ2n) is 6.58. The minimum absolute atomic E-state index is 0.0569. The summed E-state index contributed by atoms with van der Waals surface area (Å²) in [6.07, 6.45) is 1.90. The van der Waals surface area contributed by atoms with E-state index in [1.54, 1.807) is 4.90 Å². The smallest absolute Gasteiger partial charge is 0.241 e. The van der Waals surface area contributed by atoms with Gasteiger partial charge >= 0.3 is 0 Å². The van der Waals surface area contributed by atoms with Crippen LogP contribution in [0.25, 0.3) is 0 Å². The number of nitrogens with one attached hydrogen (secondary N) is 2. The molecule has 2 amide bonds. The van der Waals surface area contributed by atoms with Gasteiger partial charge in [-0.3, -0.25) is 9.59 Å². The van der Waals surface area contributed by atoms with Gasteiger partial charge in [-0.05, 0) is 43.0 Å². The fraction of sp³-hybridized carbons (Fsp3) is 0.529. The summed E-state index contributed by atoms with van der Waals surface area (Å²) in [6, 6.07) is 5.06. The van der Waals surface area contributed by atoms with E-state index in [0.29, 0.717) is 18.8 Å². The van der Waals surface area contributed by atoms with E-state index >= 15 is 0 Å². The standard InChI is InChI=1S/C17H25N3O4S/c1-12(2)16(17(22)20-10-4-5-11-20)19-25(23,24)15-8-6-14(7-9-15)18-13(3)21/h6-9,12,16,19H,4-5,10-11H2,1-3H3,(H,18,21)/t16-/m0/s1. The molecule has 1 aromatic carbocycles. The van der Waals surface area contributed by atoms with Gasteiger partial charge < -0.3 is 10.2 Å². The summed E-state index contributed by atoms with van der Waals surface area (Å²) in [5.41, 5.74) is 0.514. The normalized spacial score (nSPS) is 16.1. The molecule has 8 heteroatoms. The number of rotatable bonds is 6. The van der Waals surface area contributed by atoms with Crippen LogP contribution in [0.3, 0.4) is 0 Å². The molecule has 1 aliphatic rings. The van der Waals surface area contributed by atoms with E-state index < -0.39 is 16.1 Å². The molecular formula is C17H25N3O4S. The van der Waals surface area contributed by atoms with Crippen molar-refractivity contribution in [3.63, 3.8) is 0 Å². The topological polar surface area (TPSA) is 95.6 Å². The molecule has 0 aromatic heterocycles. The third-order valence-electron chi connectivity index (χ3n) is 4.12. The number of nitrogens with zero attached hydrogens (tertiary/aromatic N) is 1. The van der Waals surface area contributed by atoms with Gasteiger partial charge in [0.25, 0.3) is 0 Å². The molecule has 0 unspecified atom stereocenters. The van der Waals surface area contributed by atoms with Crippen molar-refractivity contribution in [2.45, 2.75) is 44.6 Å². The zero-order chi connectivity index (χ0) is 18.6. The minimum atomic E-state index is -3.83. The first-order valence-electron chi connectivity index (χ1n) is 8.39. The summed E-state index contributed by atoms with van der Waals surface area (Å²) in [5, 5.41) is 2.58. The molecule has 2 rings (SSSR count). The molecule has 0 aliphatic carbocycles. The average Bonchev–Trinajstić information content (AvgIpc) is 3.06. The SMILES string of the molecule is CC(=O)Nc1ccc(S(=O)(=O)N[C@H](C(=O)N2CCCC2)C(C)C)cc1. The summed E-state index contributed by atoms with van der Waals surface area (Å²) in [4.78, 5) is 25.4. The Morgan fingerprint density at radius 2 is 1.64 bits per heavy atom. The molecule has 2 N–H and O–H groups in total. The van der Waals surface area contributed by atoms with Gasteiger partial charge in [0.2, 0.25) is 21.8 Å². The Bertz CT molecular complexity index is 723. The quantitative estimate of drug-likeness (QED) is 0.798. The molecule has 7 nitrogen and oxygen atoms in total. The second-order valence-corrected chi connectivity index (χ2v) is 8.29. The van der Waals surface area contributed by atoms with Gasteiger partial charge in [-0.15, -0.1) is 0 Å². The van der Waals surface area contributed by atoms with Crippen molar-refractivity contribution in [3.8, 4) is 0 Å². The fourth-order valence-corrected chi connectivity index (χ4v) is 4.10. The van der Waals surface area contributed by atoms with Gasteiger partial charge in [0.05, 0.1) is 4.90 Å². The Morgan fingerprint density at radius 3 is 2.12 bits per heavy atom. The molecule has 0 saturated carbocycles. The highest BCUT2D eigenvalue weighted by atomic mass is 32.2. The molecule has 0 bridgehead atoms. The highest BCUT2D eigenvalue weighted by molar-refractivity contribution is 7.89. The Hall–Kier alpha value is -1.93.